The van der Waals surface area contributed by atoms with Gasteiger partial charge in [-0.1, -0.05) is 12.1 Å². The summed E-state index contributed by atoms with van der Waals surface area (Å²) in [4.78, 5) is 0.855. The van der Waals surface area contributed by atoms with Crippen LogP contribution in [0.4, 0.5) is 4.39 Å². The minimum Gasteiger partial charge on any atom is -0.387 e. The average Bonchev–Trinajstić information content (AvgIpc) is 2.59. The number of aliphatic hydroxyl groups excluding tert-OH is 1. The summed E-state index contributed by atoms with van der Waals surface area (Å²) in [6, 6.07) is 8.18. The second kappa shape index (κ2) is 5.61. The van der Waals surface area contributed by atoms with E-state index in [1.165, 1.54) is 23.5 Å². The first-order valence-corrected chi connectivity index (χ1v) is 7.34. The Morgan fingerprint density at radius 1 is 1.29 bits per heavy atom. The van der Waals surface area contributed by atoms with Gasteiger partial charge in [-0.25, -0.2) is 4.39 Å². The third kappa shape index (κ3) is 3.37. The molecule has 1 nitrogen and oxygen atoms in total. The Morgan fingerprint density at radius 2 is 2.06 bits per heavy atom. The van der Waals surface area contributed by atoms with Crippen molar-refractivity contribution < 1.29 is 9.50 Å². The second-order valence-electron chi connectivity index (χ2n) is 3.62. The lowest BCUT2D eigenvalue weighted by atomic mass is 10.1. The molecule has 1 atom stereocenters. The summed E-state index contributed by atoms with van der Waals surface area (Å²) >= 11 is 8.23. The molecule has 1 unspecified atom stereocenters. The lowest BCUT2D eigenvalue weighted by Crippen LogP contribution is -1.99. The summed E-state index contributed by atoms with van der Waals surface area (Å²) in [5, 5.41) is 10.0. The maximum atomic E-state index is 13.0. The summed E-state index contributed by atoms with van der Waals surface area (Å²) in [6.07, 6.45) is -0.193. The summed E-state index contributed by atoms with van der Waals surface area (Å²) < 4.78 is 14.9. The third-order valence-electron chi connectivity index (χ3n) is 2.31. The largest absolute Gasteiger partial charge is 0.387 e. The number of thiophene rings is 1. The van der Waals surface area contributed by atoms with E-state index in [1.54, 1.807) is 6.07 Å². The van der Waals surface area contributed by atoms with Crippen molar-refractivity contribution in [1.29, 1.82) is 0 Å². The van der Waals surface area contributed by atoms with Crippen LogP contribution in [0.3, 0.4) is 0 Å². The zero-order valence-electron chi connectivity index (χ0n) is 8.66. The van der Waals surface area contributed by atoms with Crippen molar-refractivity contribution in [1.82, 2.24) is 0 Å². The Bertz CT molecular complexity index is 507. The molecule has 2 aromatic rings. The van der Waals surface area contributed by atoms with Crippen LogP contribution in [-0.2, 0) is 6.42 Å². The molecule has 0 aliphatic carbocycles. The first-order chi connectivity index (χ1) is 8.06. The van der Waals surface area contributed by atoms with E-state index in [0.29, 0.717) is 6.42 Å². The quantitative estimate of drug-likeness (QED) is 0.820. The number of hydrogen-bond donors (Lipinski definition) is 1. The summed E-state index contributed by atoms with van der Waals surface area (Å²) in [6.45, 7) is 0. The fourth-order valence-corrected chi connectivity index (χ4v) is 3.59. The van der Waals surface area contributed by atoms with Crippen LogP contribution in [0.1, 0.15) is 16.5 Å². The van der Waals surface area contributed by atoms with Gasteiger partial charge in [0.2, 0.25) is 0 Å². The highest BCUT2D eigenvalue weighted by molar-refractivity contribution is 9.13. The van der Waals surface area contributed by atoms with E-state index in [0.717, 1.165) is 18.7 Å². The van der Waals surface area contributed by atoms with Gasteiger partial charge in [0.1, 0.15) is 5.82 Å². The molecule has 0 amide bonds. The van der Waals surface area contributed by atoms with Crippen LogP contribution in [-0.4, -0.2) is 5.11 Å². The maximum Gasteiger partial charge on any atom is 0.123 e. The molecule has 0 saturated carbocycles. The van der Waals surface area contributed by atoms with E-state index >= 15 is 0 Å². The van der Waals surface area contributed by atoms with Crippen molar-refractivity contribution >= 4 is 43.2 Å². The van der Waals surface area contributed by atoms with E-state index in [-0.39, 0.29) is 5.82 Å². The molecule has 0 aliphatic heterocycles. The SMILES string of the molecule is OC(Cc1cccc(F)c1)c1cc(Br)c(Br)s1. The molecule has 17 heavy (non-hydrogen) atoms. The second-order valence-corrected chi connectivity index (χ2v) is 6.88. The first kappa shape index (κ1) is 13.2. The Labute approximate surface area is 120 Å². The van der Waals surface area contributed by atoms with Crippen LogP contribution < -0.4 is 0 Å². The van der Waals surface area contributed by atoms with Crippen molar-refractivity contribution in [2.24, 2.45) is 0 Å². The van der Waals surface area contributed by atoms with E-state index in [4.69, 9.17) is 0 Å². The van der Waals surface area contributed by atoms with Gasteiger partial charge in [-0.3, -0.25) is 0 Å². The van der Waals surface area contributed by atoms with E-state index < -0.39 is 6.10 Å². The molecule has 0 bridgehead atoms. The fourth-order valence-electron chi connectivity index (χ4n) is 1.52. The van der Waals surface area contributed by atoms with Gasteiger partial charge >= 0.3 is 0 Å². The maximum absolute atomic E-state index is 13.0. The lowest BCUT2D eigenvalue weighted by molar-refractivity contribution is 0.182. The van der Waals surface area contributed by atoms with Gasteiger partial charge in [-0.05, 0) is 55.6 Å². The van der Waals surface area contributed by atoms with Gasteiger partial charge in [0.05, 0.1) is 9.89 Å². The number of hydrogen-bond acceptors (Lipinski definition) is 2. The zero-order chi connectivity index (χ0) is 12.4. The van der Waals surface area contributed by atoms with Crippen LogP contribution in [0.5, 0.6) is 0 Å². The third-order valence-corrected chi connectivity index (χ3v) is 5.67. The average molecular weight is 380 g/mol. The topological polar surface area (TPSA) is 20.2 Å². The Balaban J connectivity index is 2.14. The van der Waals surface area contributed by atoms with E-state index in [9.17, 15) is 9.50 Å². The fraction of sp³-hybridized carbons (Fsp3) is 0.167. The molecule has 1 N–H and O–H groups in total. The highest BCUT2D eigenvalue weighted by Crippen LogP contribution is 2.36. The van der Waals surface area contributed by atoms with Crippen LogP contribution in [0.15, 0.2) is 38.6 Å². The van der Waals surface area contributed by atoms with Crippen LogP contribution in [0.2, 0.25) is 0 Å². The van der Waals surface area contributed by atoms with E-state index in [2.05, 4.69) is 31.9 Å². The molecule has 1 aromatic carbocycles. The van der Waals surface area contributed by atoms with Gasteiger partial charge in [0.25, 0.3) is 0 Å². The molecule has 5 heteroatoms. The molecule has 1 heterocycles. The lowest BCUT2D eigenvalue weighted by Gasteiger charge is -2.08. The van der Waals surface area contributed by atoms with Crippen LogP contribution >= 0.6 is 43.2 Å². The van der Waals surface area contributed by atoms with Gasteiger partial charge in [-0.15, -0.1) is 11.3 Å². The highest BCUT2D eigenvalue weighted by Gasteiger charge is 2.13. The predicted octanol–water partition coefficient (Wildman–Crippen LogP) is 4.69. The zero-order valence-corrected chi connectivity index (χ0v) is 12.6. The number of halogens is 3. The van der Waals surface area contributed by atoms with Gasteiger partial charge in [0.15, 0.2) is 0 Å². The summed E-state index contributed by atoms with van der Waals surface area (Å²) in [5.74, 6) is -0.275. The van der Waals surface area contributed by atoms with Crippen molar-refractivity contribution in [3.8, 4) is 0 Å². The molecule has 0 spiro atoms. The number of rotatable bonds is 3. The van der Waals surface area contributed by atoms with Crippen molar-refractivity contribution in [3.05, 3.63) is 54.8 Å². The summed E-state index contributed by atoms with van der Waals surface area (Å²) in [5.41, 5.74) is 0.790. The molecule has 0 radical (unpaired) electrons. The molecular weight excluding hydrogens is 371 g/mol. The van der Waals surface area contributed by atoms with Gasteiger partial charge in [0, 0.05) is 15.8 Å². The standard InChI is InChI=1S/C12H9Br2FOS/c13-9-6-11(17-12(9)14)10(16)5-7-2-1-3-8(15)4-7/h1-4,6,10,16H,5H2. The molecule has 0 aliphatic rings. The summed E-state index contributed by atoms with van der Waals surface area (Å²) in [7, 11) is 0. The minimum atomic E-state index is -0.607. The Kier molecular flexibility index (Phi) is 4.36. The predicted molar refractivity (Wildman–Crippen MR) is 74.8 cm³/mol. The number of benzene rings is 1. The Morgan fingerprint density at radius 3 is 2.65 bits per heavy atom. The van der Waals surface area contributed by atoms with Crippen molar-refractivity contribution in [2.45, 2.75) is 12.5 Å². The molecule has 0 fully saturated rings. The van der Waals surface area contributed by atoms with Crippen LogP contribution in [0, 0.1) is 5.82 Å². The smallest absolute Gasteiger partial charge is 0.123 e. The molecule has 90 valence electrons. The molecule has 2 rings (SSSR count). The molecule has 1 aromatic heterocycles. The highest BCUT2D eigenvalue weighted by atomic mass is 79.9. The van der Waals surface area contributed by atoms with Gasteiger partial charge < -0.3 is 5.11 Å². The normalized spacial score (nSPS) is 12.7. The monoisotopic (exact) mass is 378 g/mol. The molecular formula is C12H9Br2FOS. The Hall–Kier alpha value is -0.230. The molecule has 0 saturated heterocycles. The number of aliphatic hydroxyl groups is 1. The van der Waals surface area contributed by atoms with Gasteiger partial charge in [-0.2, -0.15) is 0 Å². The van der Waals surface area contributed by atoms with Crippen molar-refractivity contribution in [3.63, 3.8) is 0 Å². The van der Waals surface area contributed by atoms with Crippen LogP contribution in [0.25, 0.3) is 0 Å². The minimum absolute atomic E-state index is 0.275. The van der Waals surface area contributed by atoms with Crippen molar-refractivity contribution in [2.75, 3.05) is 0 Å². The first-order valence-electron chi connectivity index (χ1n) is 4.93. The van der Waals surface area contributed by atoms with E-state index in [1.807, 2.05) is 12.1 Å².